The minimum absolute atomic E-state index is 0.155. The highest BCUT2D eigenvalue weighted by Crippen LogP contribution is 2.30. The van der Waals surface area contributed by atoms with E-state index in [2.05, 4.69) is 10.1 Å². The molecule has 0 aliphatic rings. The minimum atomic E-state index is 0.155. The van der Waals surface area contributed by atoms with Crippen LogP contribution in [0.5, 0.6) is 17.4 Å². The van der Waals surface area contributed by atoms with Gasteiger partial charge in [0.25, 0.3) is 0 Å². The van der Waals surface area contributed by atoms with Crippen LogP contribution in [0.25, 0.3) is 5.52 Å². The van der Waals surface area contributed by atoms with Crippen molar-refractivity contribution in [2.24, 2.45) is 0 Å². The monoisotopic (exact) mass is 256 g/mol. The molecule has 0 bridgehead atoms. The molecule has 96 valence electrons. The number of aromatic hydroxyl groups is 1. The van der Waals surface area contributed by atoms with E-state index < -0.39 is 0 Å². The molecule has 0 saturated carbocycles. The Kier molecular flexibility index (Phi) is 2.49. The van der Waals surface area contributed by atoms with Crippen molar-refractivity contribution in [3.05, 3.63) is 42.4 Å². The lowest BCUT2D eigenvalue weighted by Gasteiger charge is -2.06. The van der Waals surface area contributed by atoms with Gasteiger partial charge in [0.1, 0.15) is 23.3 Å². The lowest BCUT2D eigenvalue weighted by molar-refractivity contribution is 0.463. The van der Waals surface area contributed by atoms with Crippen LogP contribution in [0.4, 0.5) is 5.69 Å². The Morgan fingerprint density at radius 1 is 1.26 bits per heavy atom. The van der Waals surface area contributed by atoms with Crippen LogP contribution in [-0.4, -0.2) is 19.7 Å². The normalized spacial score (nSPS) is 10.8. The molecule has 0 spiro atoms. The molecule has 0 aliphatic heterocycles. The highest BCUT2D eigenvalue weighted by molar-refractivity contribution is 5.67. The fraction of sp³-hybridized carbons (Fsp3) is 0.0769. The Morgan fingerprint density at radius 2 is 2.00 bits per heavy atom. The SMILES string of the molecule is Cc1c(O)cn2ncnc(Oc3ccc(N)cc3)c12. The van der Waals surface area contributed by atoms with E-state index in [4.69, 9.17) is 10.5 Å². The number of aromatic nitrogens is 3. The summed E-state index contributed by atoms with van der Waals surface area (Å²) in [6.07, 6.45) is 2.89. The number of nitrogens with zero attached hydrogens (tertiary/aromatic N) is 3. The molecule has 0 aliphatic carbocycles. The van der Waals surface area contributed by atoms with Crippen LogP contribution in [-0.2, 0) is 0 Å². The molecule has 1 aromatic carbocycles. The van der Waals surface area contributed by atoms with Gasteiger partial charge in [0.15, 0.2) is 0 Å². The van der Waals surface area contributed by atoms with E-state index in [-0.39, 0.29) is 5.75 Å². The van der Waals surface area contributed by atoms with Gasteiger partial charge in [0.05, 0.1) is 6.20 Å². The van der Waals surface area contributed by atoms with Crippen LogP contribution in [0.1, 0.15) is 5.56 Å². The molecule has 6 nitrogen and oxygen atoms in total. The molecule has 0 fully saturated rings. The zero-order chi connectivity index (χ0) is 13.4. The second-order valence-corrected chi connectivity index (χ2v) is 4.17. The molecule has 19 heavy (non-hydrogen) atoms. The Hall–Kier alpha value is -2.76. The van der Waals surface area contributed by atoms with Crippen LogP contribution >= 0.6 is 0 Å². The Labute approximate surface area is 109 Å². The predicted octanol–water partition coefficient (Wildman–Crippen LogP) is 2.12. The standard InChI is InChI=1S/C13H12N4O2/c1-8-11(18)6-17-12(8)13(15-7-16-17)19-10-4-2-9(14)3-5-10/h2-7,18H,14H2,1H3. The van der Waals surface area contributed by atoms with Crippen molar-refractivity contribution in [1.82, 2.24) is 14.6 Å². The predicted molar refractivity (Wildman–Crippen MR) is 70.3 cm³/mol. The number of rotatable bonds is 2. The van der Waals surface area contributed by atoms with Gasteiger partial charge in [-0.1, -0.05) is 0 Å². The van der Waals surface area contributed by atoms with Crippen LogP contribution in [0.2, 0.25) is 0 Å². The maximum Gasteiger partial charge on any atom is 0.247 e. The van der Waals surface area contributed by atoms with Crippen molar-refractivity contribution in [2.75, 3.05) is 5.73 Å². The van der Waals surface area contributed by atoms with Crippen LogP contribution < -0.4 is 10.5 Å². The molecule has 3 aromatic rings. The maximum absolute atomic E-state index is 9.71. The second-order valence-electron chi connectivity index (χ2n) is 4.17. The molecule has 3 N–H and O–H groups in total. The second kappa shape index (κ2) is 4.16. The van der Waals surface area contributed by atoms with Gasteiger partial charge < -0.3 is 15.6 Å². The lowest BCUT2D eigenvalue weighted by Crippen LogP contribution is -1.96. The van der Waals surface area contributed by atoms with Crippen molar-refractivity contribution >= 4 is 11.2 Å². The van der Waals surface area contributed by atoms with E-state index in [1.54, 1.807) is 31.2 Å². The van der Waals surface area contributed by atoms with Crippen LogP contribution in [0.15, 0.2) is 36.8 Å². The van der Waals surface area contributed by atoms with E-state index in [9.17, 15) is 5.11 Å². The molecule has 0 saturated heterocycles. The van der Waals surface area contributed by atoms with Crippen LogP contribution in [0, 0.1) is 6.92 Å². The van der Waals surface area contributed by atoms with E-state index in [1.807, 2.05) is 0 Å². The zero-order valence-corrected chi connectivity index (χ0v) is 10.2. The van der Waals surface area contributed by atoms with Gasteiger partial charge in [0, 0.05) is 11.3 Å². The highest BCUT2D eigenvalue weighted by Gasteiger charge is 2.13. The largest absolute Gasteiger partial charge is 0.506 e. The molecule has 0 atom stereocenters. The third kappa shape index (κ3) is 1.93. The fourth-order valence-corrected chi connectivity index (χ4v) is 1.84. The smallest absolute Gasteiger partial charge is 0.247 e. The number of nitrogen functional groups attached to an aromatic ring is 1. The number of benzene rings is 1. The fourth-order valence-electron chi connectivity index (χ4n) is 1.84. The van der Waals surface area contributed by atoms with Crippen molar-refractivity contribution in [2.45, 2.75) is 6.92 Å². The lowest BCUT2D eigenvalue weighted by atomic mass is 10.3. The summed E-state index contributed by atoms with van der Waals surface area (Å²) in [6.45, 7) is 1.78. The maximum atomic E-state index is 9.71. The van der Waals surface area contributed by atoms with Gasteiger partial charge >= 0.3 is 0 Å². The summed E-state index contributed by atoms with van der Waals surface area (Å²) in [4.78, 5) is 4.10. The number of aryl methyl sites for hydroxylation is 1. The number of fused-ring (bicyclic) bond motifs is 1. The van der Waals surface area contributed by atoms with Gasteiger partial charge in [-0.2, -0.15) is 10.1 Å². The summed E-state index contributed by atoms with van der Waals surface area (Å²) in [6, 6.07) is 7.00. The molecule has 0 unspecified atom stereocenters. The minimum Gasteiger partial charge on any atom is -0.506 e. The van der Waals surface area contributed by atoms with Crippen molar-refractivity contribution in [1.29, 1.82) is 0 Å². The van der Waals surface area contributed by atoms with Gasteiger partial charge in [-0.25, -0.2) is 4.52 Å². The van der Waals surface area contributed by atoms with E-state index >= 15 is 0 Å². The van der Waals surface area contributed by atoms with Crippen molar-refractivity contribution in [3.8, 4) is 17.4 Å². The number of nitrogens with two attached hydrogens (primary N) is 1. The Bertz CT molecular complexity index is 734. The number of hydrogen-bond acceptors (Lipinski definition) is 5. The van der Waals surface area contributed by atoms with E-state index in [1.165, 1.54) is 17.0 Å². The molecule has 2 aromatic heterocycles. The average Bonchev–Trinajstić information content (AvgIpc) is 2.69. The summed E-state index contributed by atoms with van der Waals surface area (Å²) in [5.74, 6) is 1.16. The summed E-state index contributed by atoms with van der Waals surface area (Å²) < 4.78 is 7.23. The number of ether oxygens (including phenoxy) is 1. The van der Waals surface area contributed by atoms with Gasteiger partial charge in [-0.3, -0.25) is 0 Å². The first-order valence-electron chi connectivity index (χ1n) is 5.70. The van der Waals surface area contributed by atoms with E-state index in [0.29, 0.717) is 28.4 Å². The topological polar surface area (TPSA) is 85.7 Å². The van der Waals surface area contributed by atoms with Crippen molar-refractivity contribution < 1.29 is 9.84 Å². The van der Waals surface area contributed by atoms with Gasteiger partial charge in [0.2, 0.25) is 5.88 Å². The van der Waals surface area contributed by atoms with Gasteiger partial charge in [-0.15, -0.1) is 0 Å². The zero-order valence-electron chi connectivity index (χ0n) is 10.2. The number of anilines is 1. The van der Waals surface area contributed by atoms with Crippen molar-refractivity contribution in [3.63, 3.8) is 0 Å². The first-order valence-corrected chi connectivity index (χ1v) is 5.70. The Morgan fingerprint density at radius 3 is 2.74 bits per heavy atom. The molecule has 0 amide bonds. The molecular weight excluding hydrogens is 244 g/mol. The van der Waals surface area contributed by atoms with Crippen LogP contribution in [0.3, 0.4) is 0 Å². The van der Waals surface area contributed by atoms with Gasteiger partial charge in [-0.05, 0) is 31.2 Å². The third-order valence-electron chi connectivity index (χ3n) is 2.86. The Balaban J connectivity index is 2.07. The average molecular weight is 256 g/mol. The summed E-state index contributed by atoms with van der Waals surface area (Å²) in [7, 11) is 0. The quantitative estimate of drug-likeness (QED) is 0.686. The third-order valence-corrected chi connectivity index (χ3v) is 2.86. The molecule has 6 heteroatoms. The molecule has 0 radical (unpaired) electrons. The van der Waals surface area contributed by atoms with E-state index in [0.717, 1.165) is 0 Å². The molecule has 2 heterocycles. The summed E-state index contributed by atoms with van der Waals surface area (Å²) in [5.41, 5.74) is 7.59. The molecule has 3 rings (SSSR count). The first kappa shape index (κ1) is 11.3. The number of hydrogen-bond donors (Lipinski definition) is 2. The summed E-state index contributed by atoms with van der Waals surface area (Å²) >= 11 is 0. The molecular formula is C13H12N4O2. The highest BCUT2D eigenvalue weighted by atomic mass is 16.5. The summed E-state index contributed by atoms with van der Waals surface area (Å²) in [5, 5.41) is 13.7. The first-order chi connectivity index (χ1) is 9.15.